The van der Waals surface area contributed by atoms with Gasteiger partial charge in [0, 0.05) is 5.54 Å². The van der Waals surface area contributed by atoms with E-state index < -0.39 is 0 Å². The third-order valence-corrected chi connectivity index (χ3v) is 2.67. The molecule has 0 radical (unpaired) electrons. The topological polar surface area (TPSA) is 40.7 Å². The molecule has 0 saturated carbocycles. The van der Waals surface area contributed by atoms with Crippen molar-refractivity contribution in [3.05, 3.63) is 23.3 Å². The van der Waals surface area contributed by atoms with Crippen LogP contribution < -0.4 is 5.32 Å². The molecule has 0 aliphatic rings. The van der Waals surface area contributed by atoms with Crippen LogP contribution in [-0.2, 0) is 0 Å². The van der Waals surface area contributed by atoms with Gasteiger partial charge in [0.15, 0.2) is 0 Å². The average molecular weight is 217 g/mol. The van der Waals surface area contributed by atoms with Crippen molar-refractivity contribution in [1.82, 2.24) is 9.97 Å². The number of H-pyrrole nitrogens is 1. The lowest BCUT2D eigenvalue weighted by atomic mass is 10.1. The summed E-state index contributed by atoms with van der Waals surface area (Å²) in [6, 6.07) is 4.20. The third-order valence-electron chi connectivity index (χ3n) is 2.67. The molecule has 0 aliphatic carbocycles. The first kappa shape index (κ1) is 11.0. The molecule has 0 fully saturated rings. The molecule has 2 aromatic rings. The van der Waals surface area contributed by atoms with E-state index >= 15 is 0 Å². The van der Waals surface area contributed by atoms with Crippen LogP contribution in [0.25, 0.3) is 11.0 Å². The molecule has 0 saturated heterocycles. The molecule has 16 heavy (non-hydrogen) atoms. The number of benzene rings is 1. The molecule has 0 spiro atoms. The van der Waals surface area contributed by atoms with Gasteiger partial charge in [-0.25, -0.2) is 4.98 Å². The highest BCUT2D eigenvalue weighted by Crippen LogP contribution is 2.22. The van der Waals surface area contributed by atoms with Crippen LogP contribution in [0.4, 0.5) is 5.95 Å². The van der Waals surface area contributed by atoms with Gasteiger partial charge in [0.05, 0.1) is 11.0 Å². The Morgan fingerprint density at radius 1 is 1.19 bits per heavy atom. The van der Waals surface area contributed by atoms with E-state index in [0.717, 1.165) is 17.0 Å². The maximum absolute atomic E-state index is 4.59. The third kappa shape index (κ3) is 2.03. The summed E-state index contributed by atoms with van der Waals surface area (Å²) < 4.78 is 0. The van der Waals surface area contributed by atoms with Crippen molar-refractivity contribution in [3.8, 4) is 0 Å². The summed E-state index contributed by atoms with van der Waals surface area (Å²) in [6.45, 7) is 10.6. The van der Waals surface area contributed by atoms with Crippen molar-refractivity contribution in [2.75, 3.05) is 5.32 Å². The van der Waals surface area contributed by atoms with Crippen LogP contribution in [0.5, 0.6) is 0 Å². The van der Waals surface area contributed by atoms with Crippen molar-refractivity contribution in [2.45, 2.75) is 40.2 Å². The minimum Gasteiger partial charge on any atom is -0.351 e. The monoisotopic (exact) mass is 217 g/mol. The molecule has 0 amide bonds. The molecule has 0 atom stereocenters. The van der Waals surface area contributed by atoms with Gasteiger partial charge in [-0.05, 0) is 51.8 Å². The van der Waals surface area contributed by atoms with Gasteiger partial charge in [-0.1, -0.05) is 6.07 Å². The highest BCUT2D eigenvalue weighted by molar-refractivity contribution is 5.81. The predicted molar refractivity (Wildman–Crippen MR) is 68.9 cm³/mol. The second kappa shape index (κ2) is 3.51. The zero-order valence-corrected chi connectivity index (χ0v) is 10.6. The Kier molecular flexibility index (Phi) is 2.41. The standard InChI is InChI=1S/C13H19N3/c1-8-6-7-10-11(9(8)2)15-12(14-10)16-13(3,4)5/h6-7H,1-5H3,(H2,14,15,16). The van der Waals surface area contributed by atoms with E-state index in [1.54, 1.807) is 0 Å². The van der Waals surface area contributed by atoms with E-state index in [2.05, 4.69) is 62.0 Å². The number of hydrogen-bond acceptors (Lipinski definition) is 2. The SMILES string of the molecule is Cc1ccc2[nH]c(NC(C)(C)C)nc2c1C. The maximum atomic E-state index is 4.59. The maximum Gasteiger partial charge on any atom is 0.201 e. The zero-order valence-electron chi connectivity index (χ0n) is 10.6. The number of imidazole rings is 1. The number of nitrogens with zero attached hydrogens (tertiary/aromatic N) is 1. The molecule has 3 nitrogen and oxygen atoms in total. The summed E-state index contributed by atoms with van der Waals surface area (Å²) in [5.74, 6) is 0.844. The Morgan fingerprint density at radius 2 is 1.88 bits per heavy atom. The van der Waals surface area contributed by atoms with Gasteiger partial charge in [0.1, 0.15) is 0 Å². The van der Waals surface area contributed by atoms with Crippen LogP contribution in [0.1, 0.15) is 31.9 Å². The van der Waals surface area contributed by atoms with E-state index in [0.29, 0.717) is 0 Å². The number of nitrogens with one attached hydrogen (secondary N) is 2. The van der Waals surface area contributed by atoms with E-state index in [1.807, 2.05) is 0 Å². The highest BCUT2D eigenvalue weighted by atomic mass is 15.1. The van der Waals surface area contributed by atoms with Crippen LogP contribution in [0, 0.1) is 13.8 Å². The van der Waals surface area contributed by atoms with Crippen LogP contribution in [0.15, 0.2) is 12.1 Å². The first-order chi connectivity index (χ1) is 7.37. The van der Waals surface area contributed by atoms with Crippen molar-refractivity contribution in [2.24, 2.45) is 0 Å². The number of fused-ring (bicyclic) bond motifs is 1. The number of aromatic amines is 1. The molecule has 2 rings (SSSR count). The van der Waals surface area contributed by atoms with Crippen LogP contribution >= 0.6 is 0 Å². The summed E-state index contributed by atoms with van der Waals surface area (Å²) in [7, 11) is 0. The minimum absolute atomic E-state index is 0.0246. The molecule has 86 valence electrons. The minimum atomic E-state index is 0.0246. The van der Waals surface area contributed by atoms with Gasteiger partial charge >= 0.3 is 0 Å². The van der Waals surface area contributed by atoms with E-state index in [1.165, 1.54) is 11.1 Å². The van der Waals surface area contributed by atoms with Gasteiger partial charge in [0.25, 0.3) is 0 Å². The van der Waals surface area contributed by atoms with E-state index in [-0.39, 0.29) is 5.54 Å². The summed E-state index contributed by atoms with van der Waals surface area (Å²) in [5, 5.41) is 3.35. The van der Waals surface area contributed by atoms with Gasteiger partial charge in [0.2, 0.25) is 5.95 Å². The van der Waals surface area contributed by atoms with Crippen LogP contribution in [0.2, 0.25) is 0 Å². The fourth-order valence-corrected chi connectivity index (χ4v) is 1.73. The van der Waals surface area contributed by atoms with Crippen molar-refractivity contribution in [1.29, 1.82) is 0 Å². The lowest BCUT2D eigenvalue weighted by Crippen LogP contribution is -2.26. The first-order valence-corrected chi connectivity index (χ1v) is 5.61. The van der Waals surface area contributed by atoms with E-state index in [9.17, 15) is 0 Å². The zero-order chi connectivity index (χ0) is 11.9. The molecular formula is C13H19N3. The number of rotatable bonds is 1. The molecular weight excluding hydrogens is 198 g/mol. The van der Waals surface area contributed by atoms with E-state index in [4.69, 9.17) is 0 Å². The smallest absolute Gasteiger partial charge is 0.201 e. The second-order valence-corrected chi connectivity index (χ2v) is 5.36. The molecule has 1 aromatic carbocycles. The van der Waals surface area contributed by atoms with Gasteiger partial charge in [-0.3, -0.25) is 0 Å². The summed E-state index contributed by atoms with van der Waals surface area (Å²) >= 11 is 0. The normalized spacial score (nSPS) is 12.1. The van der Waals surface area contributed by atoms with Gasteiger partial charge in [-0.15, -0.1) is 0 Å². The Balaban J connectivity index is 2.48. The highest BCUT2D eigenvalue weighted by Gasteiger charge is 2.13. The molecule has 1 aromatic heterocycles. The summed E-state index contributed by atoms with van der Waals surface area (Å²) in [6.07, 6.45) is 0. The lowest BCUT2D eigenvalue weighted by molar-refractivity contribution is 0.628. The molecule has 1 heterocycles. The molecule has 3 heteroatoms. The summed E-state index contributed by atoms with van der Waals surface area (Å²) in [5.41, 5.74) is 4.70. The molecule has 0 aliphatic heterocycles. The Labute approximate surface area is 96.3 Å². The largest absolute Gasteiger partial charge is 0.351 e. The average Bonchev–Trinajstić information content (AvgIpc) is 2.52. The Bertz CT molecular complexity index is 518. The predicted octanol–water partition coefficient (Wildman–Crippen LogP) is 3.39. The fourth-order valence-electron chi connectivity index (χ4n) is 1.73. The quantitative estimate of drug-likeness (QED) is 0.768. The number of anilines is 1. The fraction of sp³-hybridized carbons (Fsp3) is 0.462. The Hall–Kier alpha value is -1.51. The van der Waals surface area contributed by atoms with Crippen molar-refractivity contribution in [3.63, 3.8) is 0 Å². The van der Waals surface area contributed by atoms with Crippen molar-refractivity contribution >= 4 is 17.0 Å². The van der Waals surface area contributed by atoms with Crippen LogP contribution in [0.3, 0.4) is 0 Å². The molecule has 0 bridgehead atoms. The second-order valence-electron chi connectivity index (χ2n) is 5.36. The van der Waals surface area contributed by atoms with Gasteiger partial charge in [-0.2, -0.15) is 0 Å². The Morgan fingerprint density at radius 3 is 2.50 bits per heavy atom. The molecule has 2 N–H and O–H groups in total. The lowest BCUT2D eigenvalue weighted by Gasteiger charge is -2.19. The molecule has 0 unspecified atom stereocenters. The first-order valence-electron chi connectivity index (χ1n) is 5.61. The number of aryl methyl sites for hydroxylation is 2. The number of hydrogen-bond donors (Lipinski definition) is 2. The van der Waals surface area contributed by atoms with Crippen LogP contribution in [-0.4, -0.2) is 15.5 Å². The van der Waals surface area contributed by atoms with Crippen molar-refractivity contribution < 1.29 is 0 Å². The summed E-state index contributed by atoms with van der Waals surface area (Å²) in [4.78, 5) is 7.89. The number of aromatic nitrogens is 2. The van der Waals surface area contributed by atoms with Gasteiger partial charge < -0.3 is 10.3 Å².